The Hall–Kier alpha value is 0.170. The zero-order chi connectivity index (χ0) is 11.9. The molecule has 0 N–H and O–H groups in total. The third-order valence-electron chi connectivity index (χ3n) is 2.16. The van der Waals surface area contributed by atoms with Crippen molar-refractivity contribution in [1.82, 2.24) is 0 Å². The normalized spacial score (nSPS) is 15.1. The molecule has 1 unspecified atom stereocenters. The van der Waals surface area contributed by atoms with Crippen molar-refractivity contribution in [2.45, 2.75) is 44.8 Å². The Morgan fingerprint density at radius 3 is 2.47 bits per heavy atom. The van der Waals surface area contributed by atoms with E-state index in [0.29, 0.717) is 18.3 Å². The molecule has 15 heavy (non-hydrogen) atoms. The number of hydrogen-bond donors (Lipinski definition) is 2. The van der Waals surface area contributed by atoms with Gasteiger partial charge in [-0.3, -0.25) is 4.79 Å². The molecule has 0 heterocycles. The van der Waals surface area contributed by atoms with E-state index >= 15 is 0 Å². The lowest BCUT2D eigenvalue weighted by atomic mass is 10.1. The molecule has 0 aliphatic carbocycles. The molecule has 0 radical (unpaired) electrons. The van der Waals surface area contributed by atoms with E-state index in [1.54, 1.807) is 6.92 Å². The highest BCUT2D eigenvalue weighted by Crippen LogP contribution is 2.17. The summed E-state index contributed by atoms with van der Waals surface area (Å²) >= 11 is 8.24. The van der Waals surface area contributed by atoms with Gasteiger partial charge < -0.3 is 4.74 Å². The predicted molar refractivity (Wildman–Crippen MR) is 70.9 cm³/mol. The lowest BCUT2D eigenvalue weighted by Crippen LogP contribution is -2.33. The highest BCUT2D eigenvalue weighted by molar-refractivity contribution is 7.86. The first-order valence-electron chi connectivity index (χ1n) is 5.40. The number of hydrogen-bond acceptors (Lipinski definition) is 4. The average Bonchev–Trinajstić information content (AvgIpc) is 2.16. The van der Waals surface area contributed by atoms with Gasteiger partial charge in [-0.25, -0.2) is 0 Å². The molecule has 90 valence electrons. The van der Waals surface area contributed by atoms with E-state index < -0.39 is 4.75 Å². The van der Waals surface area contributed by atoms with Crippen LogP contribution in [0.25, 0.3) is 0 Å². The van der Waals surface area contributed by atoms with Gasteiger partial charge in [-0.1, -0.05) is 20.3 Å². The van der Waals surface area contributed by atoms with Crippen LogP contribution in [0.15, 0.2) is 0 Å². The summed E-state index contributed by atoms with van der Waals surface area (Å²) in [6.45, 7) is 6.60. The zero-order valence-electron chi connectivity index (χ0n) is 9.82. The van der Waals surface area contributed by atoms with Crippen molar-refractivity contribution < 1.29 is 9.53 Å². The molecule has 0 amide bonds. The fraction of sp³-hybridized carbons (Fsp3) is 0.909. The van der Waals surface area contributed by atoms with Gasteiger partial charge in [-0.15, -0.1) is 0 Å². The lowest BCUT2D eigenvalue weighted by molar-refractivity contribution is -0.145. The Kier molecular flexibility index (Phi) is 7.53. The summed E-state index contributed by atoms with van der Waals surface area (Å²) in [5.74, 6) is 0.833. The molecule has 2 nitrogen and oxygen atoms in total. The number of ether oxygens (including phenoxy) is 1. The highest BCUT2D eigenvalue weighted by Gasteiger charge is 2.28. The molecule has 0 aliphatic rings. The minimum Gasteiger partial charge on any atom is -0.465 e. The van der Waals surface area contributed by atoms with E-state index in [4.69, 9.17) is 4.74 Å². The van der Waals surface area contributed by atoms with Gasteiger partial charge in [0.25, 0.3) is 0 Å². The van der Waals surface area contributed by atoms with E-state index in [1.807, 2.05) is 0 Å². The van der Waals surface area contributed by atoms with Gasteiger partial charge in [0.2, 0.25) is 0 Å². The van der Waals surface area contributed by atoms with Crippen molar-refractivity contribution in [2.24, 2.45) is 5.92 Å². The van der Waals surface area contributed by atoms with Crippen LogP contribution in [0.5, 0.6) is 0 Å². The van der Waals surface area contributed by atoms with Gasteiger partial charge >= 0.3 is 5.97 Å². The van der Waals surface area contributed by atoms with Crippen molar-refractivity contribution in [3.8, 4) is 0 Å². The minimum absolute atomic E-state index is 0.273. The molecule has 4 heteroatoms. The molecular weight excluding hydrogens is 228 g/mol. The van der Waals surface area contributed by atoms with Gasteiger partial charge in [0.1, 0.15) is 4.75 Å². The lowest BCUT2D eigenvalue weighted by Gasteiger charge is -2.18. The Balaban J connectivity index is 3.56. The molecule has 0 saturated carbocycles. The smallest absolute Gasteiger partial charge is 0.322 e. The fourth-order valence-corrected chi connectivity index (χ4v) is 1.23. The maximum Gasteiger partial charge on any atom is 0.322 e. The van der Waals surface area contributed by atoms with Crippen molar-refractivity contribution in [2.75, 3.05) is 12.4 Å². The van der Waals surface area contributed by atoms with Gasteiger partial charge in [0.05, 0.1) is 6.61 Å². The SMILES string of the molecule is CC(C)CCCCOC(=O)C(C)(S)CS. The summed E-state index contributed by atoms with van der Waals surface area (Å²) in [7, 11) is 0. The zero-order valence-corrected chi connectivity index (χ0v) is 11.6. The second-order valence-corrected chi connectivity index (χ2v) is 5.76. The quantitative estimate of drug-likeness (QED) is 0.413. The van der Waals surface area contributed by atoms with Gasteiger partial charge in [0, 0.05) is 5.75 Å². The Labute approximate surface area is 104 Å². The fourth-order valence-electron chi connectivity index (χ4n) is 1.04. The van der Waals surface area contributed by atoms with Crippen LogP contribution in [0.2, 0.25) is 0 Å². The van der Waals surface area contributed by atoms with Crippen LogP contribution < -0.4 is 0 Å². The molecule has 0 aliphatic heterocycles. The molecule has 0 spiro atoms. The van der Waals surface area contributed by atoms with Crippen LogP contribution in [0.1, 0.15) is 40.0 Å². The molecule has 0 aromatic rings. The van der Waals surface area contributed by atoms with Crippen molar-refractivity contribution in [3.05, 3.63) is 0 Å². The topological polar surface area (TPSA) is 26.3 Å². The van der Waals surface area contributed by atoms with Crippen LogP contribution in [-0.2, 0) is 9.53 Å². The predicted octanol–water partition coefficient (Wildman–Crippen LogP) is 2.97. The van der Waals surface area contributed by atoms with E-state index in [0.717, 1.165) is 12.8 Å². The average molecular weight is 250 g/mol. The van der Waals surface area contributed by atoms with E-state index in [1.165, 1.54) is 6.42 Å². The first kappa shape index (κ1) is 15.2. The molecular formula is C11H22O2S2. The molecule has 0 saturated heterocycles. The third-order valence-corrected chi connectivity index (χ3v) is 3.38. The first-order chi connectivity index (χ1) is 6.90. The second-order valence-electron chi connectivity index (χ2n) is 4.46. The molecule has 0 rings (SSSR count). The summed E-state index contributed by atoms with van der Waals surface area (Å²) < 4.78 is 4.35. The molecule has 1 atom stereocenters. The monoisotopic (exact) mass is 250 g/mol. The summed E-state index contributed by atoms with van der Waals surface area (Å²) in [5, 5.41) is 0. The van der Waals surface area contributed by atoms with Crippen molar-refractivity contribution >= 4 is 31.2 Å². The van der Waals surface area contributed by atoms with E-state index in [9.17, 15) is 4.79 Å². The summed E-state index contributed by atoms with van der Waals surface area (Å²) in [4.78, 5) is 11.4. The number of unbranched alkanes of at least 4 members (excludes halogenated alkanes) is 1. The summed E-state index contributed by atoms with van der Waals surface area (Å²) in [6, 6.07) is 0. The maximum atomic E-state index is 11.4. The second kappa shape index (κ2) is 7.44. The standard InChI is InChI=1S/C11H22O2S2/c1-9(2)6-4-5-7-13-10(12)11(3,15)8-14/h9,14-15H,4-8H2,1-3H3. The van der Waals surface area contributed by atoms with Crippen LogP contribution >= 0.6 is 25.3 Å². The first-order valence-corrected chi connectivity index (χ1v) is 6.48. The molecule has 0 aromatic carbocycles. The summed E-state index contributed by atoms with van der Waals surface area (Å²) in [5.41, 5.74) is 0. The molecule has 0 bridgehead atoms. The Bertz CT molecular complexity index is 191. The Morgan fingerprint density at radius 2 is 2.00 bits per heavy atom. The largest absolute Gasteiger partial charge is 0.465 e. The van der Waals surface area contributed by atoms with Crippen LogP contribution in [0, 0.1) is 5.92 Å². The van der Waals surface area contributed by atoms with E-state index in [2.05, 4.69) is 39.1 Å². The van der Waals surface area contributed by atoms with E-state index in [-0.39, 0.29) is 5.97 Å². The van der Waals surface area contributed by atoms with Gasteiger partial charge in [-0.2, -0.15) is 25.3 Å². The van der Waals surface area contributed by atoms with Crippen LogP contribution in [0.4, 0.5) is 0 Å². The highest BCUT2D eigenvalue weighted by atomic mass is 32.1. The number of carbonyl (C=O) groups excluding carboxylic acids is 1. The third kappa shape index (κ3) is 7.12. The maximum absolute atomic E-state index is 11.4. The summed E-state index contributed by atoms with van der Waals surface area (Å²) in [6.07, 6.45) is 3.22. The van der Waals surface area contributed by atoms with Crippen molar-refractivity contribution in [1.29, 1.82) is 0 Å². The van der Waals surface area contributed by atoms with Crippen LogP contribution in [0.3, 0.4) is 0 Å². The van der Waals surface area contributed by atoms with Gasteiger partial charge in [-0.05, 0) is 25.7 Å². The number of esters is 1. The van der Waals surface area contributed by atoms with Crippen molar-refractivity contribution in [3.63, 3.8) is 0 Å². The number of carbonyl (C=O) groups is 1. The Morgan fingerprint density at radius 1 is 1.40 bits per heavy atom. The molecule has 0 aromatic heterocycles. The number of thiol groups is 2. The molecule has 0 fully saturated rings. The van der Waals surface area contributed by atoms with Gasteiger partial charge in [0.15, 0.2) is 0 Å². The van der Waals surface area contributed by atoms with Crippen LogP contribution in [-0.4, -0.2) is 23.1 Å². The number of rotatable bonds is 7. The minimum atomic E-state index is -0.763.